The lowest BCUT2D eigenvalue weighted by Crippen LogP contribution is -2.29. The normalized spacial score (nSPS) is 25.3. The summed E-state index contributed by atoms with van der Waals surface area (Å²) in [4.78, 5) is 6.70. The van der Waals surface area contributed by atoms with E-state index < -0.39 is 0 Å². The number of allylic oxidation sites excluding steroid dienone is 8. The zero-order chi connectivity index (χ0) is 22.7. The van der Waals surface area contributed by atoms with Crippen LogP contribution in [0.15, 0.2) is 74.0 Å². The first-order valence-corrected chi connectivity index (χ1v) is 10.6. The fourth-order valence-corrected chi connectivity index (χ4v) is 2.92. The van der Waals surface area contributed by atoms with Crippen LogP contribution >= 0.6 is 23.2 Å². The van der Waals surface area contributed by atoms with Gasteiger partial charge < -0.3 is 19.7 Å². The van der Waals surface area contributed by atoms with Gasteiger partial charge in [-0.1, -0.05) is 23.2 Å². The molecule has 0 aromatic rings. The van der Waals surface area contributed by atoms with Gasteiger partial charge in [0.2, 0.25) is 0 Å². The van der Waals surface area contributed by atoms with Gasteiger partial charge >= 0.3 is 0 Å². The van der Waals surface area contributed by atoms with Crippen molar-refractivity contribution in [1.29, 1.82) is 0 Å². The predicted molar refractivity (Wildman–Crippen MR) is 128 cm³/mol. The number of aliphatic imine (C=N–C) groups is 1. The molecule has 0 saturated heterocycles. The van der Waals surface area contributed by atoms with Crippen molar-refractivity contribution in [3.63, 3.8) is 0 Å². The number of nitrogens with one attached hydrogen (secondary N) is 1. The van der Waals surface area contributed by atoms with Crippen LogP contribution in [-0.2, 0) is 9.47 Å². The highest BCUT2D eigenvalue weighted by atomic mass is 35.5. The van der Waals surface area contributed by atoms with Gasteiger partial charge in [-0.05, 0) is 70.6 Å². The molecule has 1 rings (SSSR count). The van der Waals surface area contributed by atoms with Crippen molar-refractivity contribution in [3.05, 3.63) is 69.1 Å². The van der Waals surface area contributed by atoms with E-state index in [1.165, 1.54) is 0 Å². The first kappa shape index (κ1) is 25.9. The van der Waals surface area contributed by atoms with Gasteiger partial charge in [0.25, 0.3) is 0 Å². The number of ether oxygens (including phenoxy) is 2. The van der Waals surface area contributed by atoms with Crippen LogP contribution in [0.25, 0.3) is 0 Å². The van der Waals surface area contributed by atoms with Crippen molar-refractivity contribution >= 4 is 28.9 Å². The molecule has 7 heteroatoms. The lowest BCUT2D eigenvalue weighted by molar-refractivity contribution is 0.202. The molecule has 0 unspecified atom stereocenters. The van der Waals surface area contributed by atoms with Crippen molar-refractivity contribution in [1.82, 2.24) is 10.2 Å². The Morgan fingerprint density at radius 1 is 1.17 bits per heavy atom. The van der Waals surface area contributed by atoms with Crippen molar-refractivity contribution in [2.45, 2.75) is 41.0 Å². The summed E-state index contributed by atoms with van der Waals surface area (Å²) in [5, 5.41) is 4.79. The molecular weight excluding hydrogens is 421 g/mol. The highest BCUT2D eigenvalue weighted by molar-refractivity contribution is 6.29. The summed E-state index contributed by atoms with van der Waals surface area (Å²) in [7, 11) is 3.64. The molecule has 0 aromatic carbocycles. The van der Waals surface area contributed by atoms with E-state index in [0.29, 0.717) is 29.8 Å². The molecule has 1 heterocycles. The minimum atomic E-state index is 0.471. The van der Waals surface area contributed by atoms with E-state index in [2.05, 4.69) is 10.3 Å². The molecule has 5 nitrogen and oxygen atoms in total. The molecular formula is C23H33Cl2N3O2. The first-order valence-electron chi connectivity index (χ1n) is 9.82. The molecule has 0 atom stereocenters. The second kappa shape index (κ2) is 13.2. The topological polar surface area (TPSA) is 46.1 Å². The molecule has 1 aliphatic rings. The highest BCUT2D eigenvalue weighted by Gasteiger charge is 2.13. The Bertz CT molecular complexity index is 810. The molecule has 0 aromatic heterocycles. The monoisotopic (exact) mass is 453 g/mol. The van der Waals surface area contributed by atoms with Crippen LogP contribution in [0.2, 0.25) is 0 Å². The lowest BCUT2D eigenvalue weighted by atomic mass is 10.2. The van der Waals surface area contributed by atoms with E-state index in [4.69, 9.17) is 32.7 Å². The summed E-state index contributed by atoms with van der Waals surface area (Å²) in [5.41, 5.74) is 2.67. The van der Waals surface area contributed by atoms with E-state index in [1.807, 2.05) is 76.9 Å². The molecule has 0 amide bonds. The van der Waals surface area contributed by atoms with Crippen molar-refractivity contribution in [3.8, 4) is 0 Å². The third kappa shape index (κ3) is 9.59. The van der Waals surface area contributed by atoms with Gasteiger partial charge in [-0.3, -0.25) is 4.99 Å². The lowest BCUT2D eigenvalue weighted by Gasteiger charge is -2.25. The Hall–Kier alpha value is -2.11. The third-order valence-corrected chi connectivity index (χ3v) is 4.32. The van der Waals surface area contributed by atoms with Gasteiger partial charge in [0.05, 0.1) is 20.1 Å². The molecule has 0 radical (unpaired) electrons. The summed E-state index contributed by atoms with van der Waals surface area (Å²) < 4.78 is 11.4. The number of hydrogen-bond acceptors (Lipinski definition) is 5. The second-order valence-electron chi connectivity index (χ2n) is 6.94. The fraction of sp³-hybridized carbons (Fsp3) is 0.435. The maximum atomic E-state index is 6.14. The SMILES string of the molecule is CCO/C1=C/C(C)=N/CN(C)/C(NC(/C=C(\C)Cl)=C/C=C(\C)Cl)=C(C)/C=C(/OC)C1. The van der Waals surface area contributed by atoms with E-state index >= 15 is 0 Å². The number of rotatable bonds is 7. The molecule has 30 heavy (non-hydrogen) atoms. The van der Waals surface area contributed by atoms with Crippen molar-refractivity contribution in [2.24, 2.45) is 4.99 Å². The highest BCUT2D eigenvalue weighted by Crippen LogP contribution is 2.20. The summed E-state index contributed by atoms with van der Waals surface area (Å²) >= 11 is 12.1. The van der Waals surface area contributed by atoms with Crippen LogP contribution in [0.4, 0.5) is 0 Å². The average molecular weight is 454 g/mol. The Labute approximate surface area is 191 Å². The molecule has 0 bridgehead atoms. The molecule has 0 spiro atoms. The zero-order valence-corrected chi connectivity index (χ0v) is 20.5. The van der Waals surface area contributed by atoms with Gasteiger partial charge in [0, 0.05) is 28.5 Å². The summed E-state index contributed by atoms with van der Waals surface area (Å²) in [6.07, 6.45) is 10.1. The Morgan fingerprint density at radius 2 is 1.87 bits per heavy atom. The first-order chi connectivity index (χ1) is 14.2. The maximum Gasteiger partial charge on any atom is 0.111 e. The van der Waals surface area contributed by atoms with Crippen LogP contribution in [0.5, 0.6) is 0 Å². The molecule has 0 fully saturated rings. The number of halogens is 2. The van der Waals surface area contributed by atoms with Crippen molar-refractivity contribution < 1.29 is 9.47 Å². The fourth-order valence-electron chi connectivity index (χ4n) is 2.74. The summed E-state index contributed by atoms with van der Waals surface area (Å²) in [5.74, 6) is 2.49. The average Bonchev–Trinajstić information content (AvgIpc) is 2.68. The van der Waals surface area contributed by atoms with Gasteiger partial charge in [0.1, 0.15) is 24.0 Å². The van der Waals surface area contributed by atoms with E-state index in [9.17, 15) is 0 Å². The van der Waals surface area contributed by atoms with Crippen LogP contribution < -0.4 is 5.32 Å². The van der Waals surface area contributed by atoms with E-state index in [0.717, 1.165) is 34.3 Å². The molecule has 0 aliphatic carbocycles. The molecule has 0 saturated carbocycles. The van der Waals surface area contributed by atoms with Crippen LogP contribution in [-0.4, -0.2) is 38.0 Å². The molecule has 1 N–H and O–H groups in total. The summed E-state index contributed by atoms with van der Waals surface area (Å²) in [6.45, 7) is 10.7. The molecule has 1 aliphatic heterocycles. The minimum Gasteiger partial charge on any atom is -0.501 e. The van der Waals surface area contributed by atoms with Crippen molar-refractivity contribution in [2.75, 3.05) is 27.4 Å². The smallest absolute Gasteiger partial charge is 0.111 e. The zero-order valence-electron chi connectivity index (χ0n) is 19.0. The van der Waals surface area contributed by atoms with Gasteiger partial charge in [-0.15, -0.1) is 0 Å². The van der Waals surface area contributed by atoms with E-state index in [-0.39, 0.29) is 0 Å². The van der Waals surface area contributed by atoms with Gasteiger partial charge in [0.15, 0.2) is 0 Å². The number of methoxy groups -OCH3 is 1. The molecule has 166 valence electrons. The predicted octanol–water partition coefficient (Wildman–Crippen LogP) is 6.18. The van der Waals surface area contributed by atoms with Crippen LogP contribution in [0.1, 0.15) is 41.0 Å². The van der Waals surface area contributed by atoms with Gasteiger partial charge in [-0.25, -0.2) is 0 Å². The van der Waals surface area contributed by atoms with Crippen LogP contribution in [0, 0.1) is 0 Å². The Balaban J connectivity index is 3.48. The largest absolute Gasteiger partial charge is 0.501 e. The standard InChI is InChI=1S/C23H33Cl2N3O2/c1-8-30-22-13-19(5)26-15-28(6)23(16(2)11-21(14-22)29-7)27-20(12-18(4)25)10-9-17(3)24/h9-13,27H,8,14-15H2,1-7H3/b17-9+,18-12+,20-10+,21-11+,22-13+,23-16+,26-19+. The van der Waals surface area contributed by atoms with E-state index in [1.54, 1.807) is 7.11 Å². The summed E-state index contributed by atoms with van der Waals surface area (Å²) in [6, 6.07) is 0. The minimum absolute atomic E-state index is 0.471. The third-order valence-electron chi connectivity index (χ3n) is 4.08. The quantitative estimate of drug-likeness (QED) is 0.467. The Kier molecular flexibility index (Phi) is 11.4. The maximum absolute atomic E-state index is 6.14. The van der Waals surface area contributed by atoms with Gasteiger partial charge in [-0.2, -0.15) is 0 Å². The second-order valence-corrected chi connectivity index (χ2v) is 8.13. The number of nitrogens with zero attached hydrogens (tertiary/aromatic N) is 2. The Morgan fingerprint density at radius 3 is 2.43 bits per heavy atom. The van der Waals surface area contributed by atoms with Crippen LogP contribution in [0.3, 0.4) is 0 Å². The number of hydrogen-bond donors (Lipinski definition) is 1.